The minimum atomic E-state index is -0.182. The van der Waals surface area contributed by atoms with Gasteiger partial charge in [0.25, 0.3) is 5.56 Å². The summed E-state index contributed by atoms with van der Waals surface area (Å²) in [4.78, 5) is 37.6. The number of hydrogen-bond donors (Lipinski definition) is 1. The van der Waals surface area contributed by atoms with Crippen LogP contribution >= 0.6 is 0 Å². The van der Waals surface area contributed by atoms with Crippen molar-refractivity contribution >= 4 is 28.1 Å². The van der Waals surface area contributed by atoms with Crippen molar-refractivity contribution in [1.82, 2.24) is 23.9 Å². The van der Waals surface area contributed by atoms with E-state index in [1.807, 2.05) is 48.0 Å². The number of hydrogen-bond acceptors (Lipinski definition) is 5. The topological polar surface area (TPSA) is 94.2 Å². The van der Waals surface area contributed by atoms with Gasteiger partial charge in [0.05, 0.1) is 17.6 Å². The predicted octanol–water partition coefficient (Wildman–Crippen LogP) is 3.42. The lowest BCUT2D eigenvalue weighted by molar-refractivity contribution is -0.114. The molecule has 158 valence electrons. The molecule has 0 fully saturated rings. The molecular formula is C24H20N6O2. The number of nitrogens with zero attached hydrogens (tertiary/aromatic N) is 5. The lowest BCUT2D eigenvalue weighted by atomic mass is 10.0. The lowest BCUT2D eigenvalue weighted by Gasteiger charge is -2.09. The Balaban J connectivity index is 1.51. The van der Waals surface area contributed by atoms with Crippen molar-refractivity contribution in [3.63, 3.8) is 0 Å². The third-order valence-electron chi connectivity index (χ3n) is 5.26. The quantitative estimate of drug-likeness (QED) is 0.477. The summed E-state index contributed by atoms with van der Waals surface area (Å²) in [5.41, 5.74) is 4.27. The van der Waals surface area contributed by atoms with Crippen LogP contribution in [0.2, 0.25) is 0 Å². The van der Waals surface area contributed by atoms with Gasteiger partial charge in [0.1, 0.15) is 11.5 Å². The van der Waals surface area contributed by atoms with Gasteiger partial charge in [-0.25, -0.2) is 9.97 Å². The lowest BCUT2D eigenvalue weighted by Crippen LogP contribution is -2.20. The van der Waals surface area contributed by atoms with Crippen molar-refractivity contribution in [2.24, 2.45) is 0 Å². The molecule has 0 saturated heterocycles. The first kappa shape index (κ1) is 19.6. The molecule has 0 aromatic carbocycles. The van der Waals surface area contributed by atoms with Crippen molar-refractivity contribution in [2.75, 3.05) is 5.32 Å². The van der Waals surface area contributed by atoms with Gasteiger partial charge in [-0.1, -0.05) is 6.07 Å². The highest BCUT2D eigenvalue weighted by Crippen LogP contribution is 2.26. The fourth-order valence-corrected chi connectivity index (χ4v) is 3.78. The van der Waals surface area contributed by atoms with E-state index < -0.39 is 0 Å². The minimum Gasteiger partial charge on any atom is -0.311 e. The Morgan fingerprint density at radius 2 is 1.91 bits per heavy atom. The smallest absolute Gasteiger partial charge is 0.260 e. The van der Waals surface area contributed by atoms with Crippen LogP contribution in [0.15, 0.2) is 72.3 Å². The van der Waals surface area contributed by atoms with Gasteiger partial charge in [-0.05, 0) is 42.1 Å². The van der Waals surface area contributed by atoms with Crippen molar-refractivity contribution in [3.05, 3.63) is 89.1 Å². The first-order valence-electron chi connectivity index (χ1n) is 10.1. The van der Waals surface area contributed by atoms with Crippen LogP contribution in [0, 0.1) is 6.92 Å². The molecule has 0 radical (unpaired) electrons. The van der Waals surface area contributed by atoms with E-state index in [1.54, 1.807) is 35.4 Å². The highest BCUT2D eigenvalue weighted by Gasteiger charge is 2.11. The zero-order valence-corrected chi connectivity index (χ0v) is 17.6. The Morgan fingerprint density at radius 3 is 2.69 bits per heavy atom. The number of aromatic nitrogens is 5. The molecule has 0 aliphatic rings. The van der Waals surface area contributed by atoms with E-state index in [0.717, 1.165) is 33.4 Å². The van der Waals surface area contributed by atoms with Gasteiger partial charge in [-0.15, -0.1) is 0 Å². The Morgan fingerprint density at radius 1 is 1.03 bits per heavy atom. The van der Waals surface area contributed by atoms with Crippen LogP contribution in [0.3, 0.4) is 0 Å². The molecule has 0 bridgehead atoms. The fraction of sp³-hybridized carbons (Fsp3) is 0.125. The van der Waals surface area contributed by atoms with Crippen molar-refractivity contribution < 1.29 is 4.79 Å². The van der Waals surface area contributed by atoms with Gasteiger partial charge >= 0.3 is 0 Å². The van der Waals surface area contributed by atoms with E-state index in [-0.39, 0.29) is 11.5 Å². The van der Waals surface area contributed by atoms with Crippen LogP contribution in [0.4, 0.5) is 5.82 Å². The van der Waals surface area contributed by atoms with Crippen LogP contribution < -0.4 is 10.9 Å². The molecule has 0 atom stereocenters. The summed E-state index contributed by atoms with van der Waals surface area (Å²) in [6.07, 6.45) is 10.7. The van der Waals surface area contributed by atoms with Gasteiger partial charge in [0.2, 0.25) is 5.91 Å². The summed E-state index contributed by atoms with van der Waals surface area (Å²) in [6.45, 7) is 3.83. The van der Waals surface area contributed by atoms with Crippen molar-refractivity contribution in [2.45, 2.75) is 20.4 Å². The third kappa shape index (κ3) is 3.62. The van der Waals surface area contributed by atoms with Gasteiger partial charge in [0, 0.05) is 55.2 Å². The zero-order valence-electron chi connectivity index (χ0n) is 17.6. The molecule has 0 unspecified atom stereocenters. The Labute approximate surface area is 183 Å². The molecule has 8 nitrogen and oxygen atoms in total. The standard InChI is InChI=1S/C24H20N6O2/c1-15-3-6-23-28-18(14-30(23)12-15)13-29-8-7-19-20(10-25-11-21(19)24(29)32)17-4-5-22(26-9-17)27-16(2)31/h3-12,14H,13H2,1-2H3,(H,26,27,31). The highest BCUT2D eigenvalue weighted by atomic mass is 16.1. The van der Waals surface area contributed by atoms with E-state index in [2.05, 4.69) is 20.3 Å². The highest BCUT2D eigenvalue weighted by molar-refractivity contribution is 5.95. The maximum atomic E-state index is 13.2. The second-order valence-corrected chi connectivity index (χ2v) is 7.71. The first-order valence-corrected chi connectivity index (χ1v) is 10.1. The average molecular weight is 424 g/mol. The molecule has 0 aliphatic carbocycles. The molecule has 5 aromatic rings. The SMILES string of the molecule is CC(=O)Nc1ccc(-c2cncc3c(=O)n(Cc4cn5cc(C)ccc5n4)ccc23)cn1. The molecule has 0 spiro atoms. The molecule has 0 saturated carbocycles. The molecule has 5 heterocycles. The molecule has 8 heteroatoms. The zero-order chi connectivity index (χ0) is 22.2. The Hall–Kier alpha value is -4.33. The summed E-state index contributed by atoms with van der Waals surface area (Å²) in [5.74, 6) is 0.290. The second-order valence-electron chi connectivity index (χ2n) is 7.71. The minimum absolute atomic E-state index is 0.132. The van der Waals surface area contributed by atoms with Crippen LogP contribution in [0.5, 0.6) is 0 Å². The number of fused-ring (bicyclic) bond motifs is 2. The Bertz CT molecular complexity index is 1530. The largest absolute Gasteiger partial charge is 0.311 e. The second kappa shape index (κ2) is 7.73. The molecule has 5 aromatic heterocycles. The number of amides is 1. The van der Waals surface area contributed by atoms with E-state index in [9.17, 15) is 9.59 Å². The van der Waals surface area contributed by atoms with Crippen LogP contribution in [0.25, 0.3) is 27.5 Å². The molecule has 1 N–H and O–H groups in total. The first-order chi connectivity index (χ1) is 15.5. The van der Waals surface area contributed by atoms with E-state index in [4.69, 9.17) is 0 Å². The fourth-order valence-electron chi connectivity index (χ4n) is 3.78. The Kier molecular flexibility index (Phi) is 4.74. The average Bonchev–Trinajstić information content (AvgIpc) is 3.17. The number of pyridine rings is 4. The molecular weight excluding hydrogens is 404 g/mol. The number of imidazole rings is 1. The molecule has 1 amide bonds. The number of rotatable bonds is 4. The maximum absolute atomic E-state index is 13.2. The number of carbonyl (C=O) groups is 1. The normalized spacial score (nSPS) is 11.2. The predicted molar refractivity (Wildman–Crippen MR) is 123 cm³/mol. The maximum Gasteiger partial charge on any atom is 0.260 e. The summed E-state index contributed by atoms with van der Waals surface area (Å²) >= 11 is 0. The summed E-state index contributed by atoms with van der Waals surface area (Å²) in [7, 11) is 0. The van der Waals surface area contributed by atoms with Crippen LogP contribution in [-0.4, -0.2) is 29.8 Å². The van der Waals surface area contributed by atoms with Crippen molar-refractivity contribution in [1.29, 1.82) is 0 Å². The number of aryl methyl sites for hydroxylation is 1. The monoisotopic (exact) mass is 424 g/mol. The van der Waals surface area contributed by atoms with Gasteiger partial charge in [0.15, 0.2) is 0 Å². The van der Waals surface area contributed by atoms with Crippen LogP contribution in [-0.2, 0) is 11.3 Å². The van der Waals surface area contributed by atoms with Gasteiger partial charge in [-0.3, -0.25) is 14.6 Å². The van der Waals surface area contributed by atoms with E-state index >= 15 is 0 Å². The number of nitrogens with one attached hydrogen (secondary N) is 1. The molecule has 5 rings (SSSR count). The van der Waals surface area contributed by atoms with E-state index in [1.165, 1.54) is 6.92 Å². The molecule has 0 aliphatic heterocycles. The van der Waals surface area contributed by atoms with Crippen molar-refractivity contribution in [3.8, 4) is 11.1 Å². The summed E-state index contributed by atoms with van der Waals surface area (Å²) in [6, 6.07) is 9.46. The third-order valence-corrected chi connectivity index (χ3v) is 5.26. The van der Waals surface area contributed by atoms with Crippen LogP contribution in [0.1, 0.15) is 18.2 Å². The van der Waals surface area contributed by atoms with Gasteiger partial charge in [-0.2, -0.15) is 0 Å². The van der Waals surface area contributed by atoms with Gasteiger partial charge < -0.3 is 14.3 Å². The summed E-state index contributed by atoms with van der Waals surface area (Å²) in [5, 5.41) is 3.96. The number of anilines is 1. The molecule has 32 heavy (non-hydrogen) atoms. The summed E-state index contributed by atoms with van der Waals surface area (Å²) < 4.78 is 3.61. The number of carbonyl (C=O) groups excluding carboxylic acids is 1. The van der Waals surface area contributed by atoms with E-state index in [0.29, 0.717) is 17.7 Å².